The van der Waals surface area contributed by atoms with Crippen LogP contribution < -0.4 is 5.32 Å². The molecular formula is C14H19ClN2O3S. The fourth-order valence-electron chi connectivity index (χ4n) is 2.25. The number of carbonyl (C=O) groups is 1. The summed E-state index contributed by atoms with van der Waals surface area (Å²) in [5.74, 6) is 0.207. The summed E-state index contributed by atoms with van der Waals surface area (Å²) in [6.45, 7) is 3.96. The molecule has 2 heterocycles. The van der Waals surface area contributed by atoms with Crippen LogP contribution in [0.5, 0.6) is 0 Å². The van der Waals surface area contributed by atoms with Gasteiger partial charge in [-0.1, -0.05) is 25.4 Å². The van der Waals surface area contributed by atoms with Crippen LogP contribution in [0.2, 0.25) is 5.15 Å². The molecule has 0 bridgehead atoms. The minimum Gasteiger partial charge on any atom is -0.349 e. The number of sulfone groups is 1. The quantitative estimate of drug-likeness (QED) is 0.862. The molecule has 1 fully saturated rings. The summed E-state index contributed by atoms with van der Waals surface area (Å²) in [5.41, 5.74) is 1.23. The van der Waals surface area contributed by atoms with Crippen LogP contribution in [-0.2, 0) is 9.84 Å². The van der Waals surface area contributed by atoms with Crippen molar-refractivity contribution in [1.82, 2.24) is 10.3 Å². The fourth-order valence-corrected chi connectivity index (χ4v) is 3.95. The van der Waals surface area contributed by atoms with Gasteiger partial charge in [0, 0.05) is 17.3 Å². The molecule has 0 aliphatic carbocycles. The first kappa shape index (κ1) is 16.2. The van der Waals surface area contributed by atoms with Gasteiger partial charge in [-0.15, -0.1) is 0 Å². The molecule has 21 heavy (non-hydrogen) atoms. The van der Waals surface area contributed by atoms with Gasteiger partial charge in [0.05, 0.1) is 11.5 Å². The van der Waals surface area contributed by atoms with Crippen LogP contribution >= 0.6 is 11.6 Å². The SMILES string of the molecule is CC(C)c1cc(C(=O)NC2CCS(=O)(=O)CC2)cc(Cl)n1. The highest BCUT2D eigenvalue weighted by molar-refractivity contribution is 7.91. The standard InChI is InChI=1S/C14H19ClN2O3S/c1-9(2)12-7-10(8-13(15)17-12)14(18)16-11-3-5-21(19,20)6-4-11/h7-9,11H,3-6H2,1-2H3,(H,16,18). The number of carbonyl (C=O) groups excluding carboxylic acids is 1. The van der Waals surface area contributed by atoms with E-state index in [-0.39, 0.29) is 34.5 Å². The van der Waals surface area contributed by atoms with Gasteiger partial charge in [0.1, 0.15) is 15.0 Å². The Balaban J connectivity index is 2.07. The van der Waals surface area contributed by atoms with Gasteiger partial charge in [0.25, 0.3) is 5.91 Å². The minimum atomic E-state index is -2.92. The molecule has 0 atom stereocenters. The van der Waals surface area contributed by atoms with Gasteiger partial charge in [-0.25, -0.2) is 13.4 Å². The Morgan fingerprint density at radius 2 is 1.95 bits per heavy atom. The average Bonchev–Trinajstić information content (AvgIpc) is 2.40. The van der Waals surface area contributed by atoms with Gasteiger partial charge >= 0.3 is 0 Å². The fraction of sp³-hybridized carbons (Fsp3) is 0.571. The smallest absolute Gasteiger partial charge is 0.251 e. The maximum absolute atomic E-state index is 12.3. The Kier molecular flexibility index (Phi) is 4.88. The Morgan fingerprint density at radius 1 is 1.33 bits per heavy atom. The summed E-state index contributed by atoms with van der Waals surface area (Å²) in [6.07, 6.45) is 0.924. The predicted molar refractivity (Wildman–Crippen MR) is 82.5 cm³/mol. The van der Waals surface area contributed by atoms with Crippen molar-refractivity contribution in [1.29, 1.82) is 0 Å². The Bertz CT molecular complexity index is 630. The van der Waals surface area contributed by atoms with E-state index < -0.39 is 9.84 Å². The zero-order chi connectivity index (χ0) is 15.6. The van der Waals surface area contributed by atoms with Crippen molar-refractivity contribution in [2.45, 2.75) is 38.6 Å². The number of halogens is 1. The van der Waals surface area contributed by atoms with Crippen molar-refractivity contribution in [3.63, 3.8) is 0 Å². The number of nitrogens with one attached hydrogen (secondary N) is 1. The maximum atomic E-state index is 12.3. The van der Waals surface area contributed by atoms with Crippen LogP contribution in [0.15, 0.2) is 12.1 Å². The average molecular weight is 331 g/mol. The topological polar surface area (TPSA) is 76.1 Å². The van der Waals surface area contributed by atoms with Crippen LogP contribution in [-0.4, -0.2) is 36.9 Å². The molecular weight excluding hydrogens is 312 g/mol. The highest BCUT2D eigenvalue weighted by Gasteiger charge is 2.25. The van der Waals surface area contributed by atoms with Crippen molar-refractivity contribution in [2.24, 2.45) is 0 Å². The first-order valence-corrected chi connectivity index (χ1v) is 9.15. The molecule has 0 spiro atoms. The van der Waals surface area contributed by atoms with Gasteiger partial charge < -0.3 is 5.32 Å². The molecule has 1 saturated heterocycles. The van der Waals surface area contributed by atoms with Gasteiger partial charge in [0.2, 0.25) is 0 Å². The van der Waals surface area contributed by atoms with E-state index in [1.165, 1.54) is 6.07 Å². The molecule has 0 unspecified atom stereocenters. The Labute approximate surface area is 130 Å². The molecule has 1 aromatic rings. The first-order chi connectivity index (χ1) is 9.77. The number of hydrogen-bond donors (Lipinski definition) is 1. The van der Waals surface area contributed by atoms with Gasteiger partial charge in [-0.05, 0) is 30.9 Å². The molecule has 7 heteroatoms. The molecule has 116 valence electrons. The van der Waals surface area contributed by atoms with E-state index in [1.807, 2.05) is 13.8 Å². The van der Waals surface area contributed by atoms with E-state index in [4.69, 9.17) is 11.6 Å². The summed E-state index contributed by atoms with van der Waals surface area (Å²) in [6, 6.07) is 3.16. The monoisotopic (exact) mass is 330 g/mol. The highest BCUT2D eigenvalue weighted by atomic mass is 35.5. The number of nitrogens with zero attached hydrogens (tertiary/aromatic N) is 1. The van der Waals surface area contributed by atoms with Crippen molar-refractivity contribution in [3.05, 3.63) is 28.5 Å². The second-order valence-corrected chi connectivity index (χ2v) is 8.35. The van der Waals surface area contributed by atoms with Crippen LogP contribution in [0.4, 0.5) is 0 Å². The molecule has 1 aliphatic heterocycles. The Hall–Kier alpha value is -1.14. The first-order valence-electron chi connectivity index (χ1n) is 6.95. The van der Waals surface area contributed by atoms with E-state index >= 15 is 0 Å². The van der Waals surface area contributed by atoms with Gasteiger partial charge in [0.15, 0.2) is 0 Å². The lowest BCUT2D eigenvalue weighted by atomic mass is 10.1. The van der Waals surface area contributed by atoms with Crippen LogP contribution in [0.25, 0.3) is 0 Å². The highest BCUT2D eigenvalue weighted by Crippen LogP contribution is 2.18. The molecule has 0 aromatic carbocycles. The molecule has 1 N–H and O–H groups in total. The lowest BCUT2D eigenvalue weighted by Gasteiger charge is -2.23. The van der Waals surface area contributed by atoms with E-state index in [0.717, 1.165) is 5.69 Å². The second kappa shape index (κ2) is 6.32. The summed E-state index contributed by atoms with van der Waals surface area (Å²) >= 11 is 5.95. The van der Waals surface area contributed by atoms with Crippen molar-refractivity contribution < 1.29 is 13.2 Å². The molecule has 0 radical (unpaired) electrons. The van der Waals surface area contributed by atoms with Crippen molar-refractivity contribution in [3.8, 4) is 0 Å². The third kappa shape index (κ3) is 4.41. The maximum Gasteiger partial charge on any atom is 0.251 e. The normalized spacial score (nSPS) is 18.7. The summed E-state index contributed by atoms with van der Waals surface area (Å²) in [7, 11) is -2.92. The van der Waals surface area contributed by atoms with Gasteiger partial charge in [-0.2, -0.15) is 0 Å². The van der Waals surface area contributed by atoms with Crippen LogP contribution in [0.3, 0.4) is 0 Å². The predicted octanol–water partition coefficient (Wildman–Crippen LogP) is 2.17. The van der Waals surface area contributed by atoms with Crippen LogP contribution in [0.1, 0.15) is 48.7 Å². The third-order valence-corrected chi connectivity index (χ3v) is 5.47. The number of hydrogen-bond acceptors (Lipinski definition) is 4. The number of aromatic nitrogens is 1. The summed E-state index contributed by atoms with van der Waals surface area (Å²) < 4.78 is 22.8. The van der Waals surface area contributed by atoms with E-state index in [9.17, 15) is 13.2 Å². The molecule has 2 rings (SSSR count). The summed E-state index contributed by atoms with van der Waals surface area (Å²) in [4.78, 5) is 16.4. The molecule has 1 aromatic heterocycles. The van der Waals surface area contributed by atoms with Gasteiger partial charge in [-0.3, -0.25) is 4.79 Å². The zero-order valence-electron chi connectivity index (χ0n) is 12.1. The van der Waals surface area contributed by atoms with E-state index in [0.29, 0.717) is 18.4 Å². The molecule has 0 saturated carbocycles. The van der Waals surface area contributed by atoms with Crippen molar-refractivity contribution >= 4 is 27.3 Å². The van der Waals surface area contributed by atoms with E-state index in [2.05, 4.69) is 10.3 Å². The summed E-state index contributed by atoms with van der Waals surface area (Å²) in [5, 5.41) is 3.17. The third-order valence-electron chi connectivity index (χ3n) is 3.56. The second-order valence-electron chi connectivity index (χ2n) is 5.66. The number of rotatable bonds is 3. The Morgan fingerprint density at radius 3 is 2.52 bits per heavy atom. The largest absolute Gasteiger partial charge is 0.349 e. The zero-order valence-corrected chi connectivity index (χ0v) is 13.7. The lowest BCUT2D eigenvalue weighted by molar-refractivity contribution is 0.0934. The van der Waals surface area contributed by atoms with Crippen molar-refractivity contribution in [2.75, 3.05) is 11.5 Å². The number of pyridine rings is 1. The van der Waals surface area contributed by atoms with Crippen LogP contribution in [0, 0.1) is 0 Å². The lowest BCUT2D eigenvalue weighted by Crippen LogP contribution is -2.40. The molecule has 5 nitrogen and oxygen atoms in total. The minimum absolute atomic E-state index is 0.101. The molecule has 1 aliphatic rings. The van der Waals surface area contributed by atoms with E-state index in [1.54, 1.807) is 6.07 Å². The molecule has 1 amide bonds. The number of amides is 1.